The second-order valence-electron chi connectivity index (χ2n) is 3.61. The van der Waals surface area contributed by atoms with Gasteiger partial charge in [-0.1, -0.05) is 0 Å². The molecule has 0 unspecified atom stereocenters. The molecule has 7 heteroatoms. The summed E-state index contributed by atoms with van der Waals surface area (Å²) in [6.07, 6.45) is 1.61. The molecule has 0 aliphatic carbocycles. The molecule has 0 saturated heterocycles. The molecule has 0 amide bonds. The number of nitrogens with zero attached hydrogens (tertiary/aromatic N) is 2. The molecule has 1 aromatic carbocycles. The first-order valence-corrected chi connectivity index (χ1v) is 6.85. The van der Waals surface area contributed by atoms with Crippen LogP contribution >= 0.6 is 31.9 Å². The fourth-order valence-corrected chi connectivity index (χ4v) is 2.23. The van der Waals surface area contributed by atoms with Crippen LogP contribution in [-0.2, 0) is 0 Å². The van der Waals surface area contributed by atoms with Gasteiger partial charge in [0, 0.05) is 16.2 Å². The summed E-state index contributed by atoms with van der Waals surface area (Å²) in [6, 6.07) is 3.60. The molecule has 2 aromatic rings. The quantitative estimate of drug-likeness (QED) is 0.873. The number of benzene rings is 1. The van der Waals surface area contributed by atoms with Crippen molar-refractivity contribution in [3.8, 4) is 22.9 Å². The zero-order chi connectivity index (χ0) is 14.0. The van der Waals surface area contributed by atoms with Crippen molar-refractivity contribution >= 4 is 37.7 Å². The van der Waals surface area contributed by atoms with Gasteiger partial charge in [-0.3, -0.25) is 0 Å². The number of ether oxygens (including phenoxy) is 2. The molecule has 0 radical (unpaired) electrons. The van der Waals surface area contributed by atoms with Gasteiger partial charge in [-0.2, -0.15) is 0 Å². The summed E-state index contributed by atoms with van der Waals surface area (Å²) in [7, 11) is 3.16. The lowest BCUT2D eigenvalue weighted by Crippen LogP contribution is -1.98. The Morgan fingerprint density at radius 1 is 1.05 bits per heavy atom. The monoisotopic (exact) mass is 387 g/mol. The minimum atomic E-state index is 0.381. The Bertz CT molecular complexity index is 620. The number of anilines is 1. The van der Waals surface area contributed by atoms with Crippen molar-refractivity contribution < 1.29 is 9.47 Å². The first-order valence-electron chi connectivity index (χ1n) is 5.26. The van der Waals surface area contributed by atoms with Gasteiger partial charge < -0.3 is 15.2 Å². The summed E-state index contributed by atoms with van der Waals surface area (Å²) in [4.78, 5) is 8.46. The molecule has 0 saturated carbocycles. The molecule has 2 N–H and O–H groups in total. The Hall–Kier alpha value is -1.34. The van der Waals surface area contributed by atoms with E-state index in [1.165, 1.54) is 0 Å². The zero-order valence-corrected chi connectivity index (χ0v) is 13.4. The van der Waals surface area contributed by atoms with Gasteiger partial charge in [0.05, 0.1) is 18.7 Å². The van der Waals surface area contributed by atoms with Crippen molar-refractivity contribution in [1.82, 2.24) is 9.97 Å². The number of methoxy groups -OCH3 is 2. The van der Waals surface area contributed by atoms with Crippen LogP contribution in [0.25, 0.3) is 11.4 Å². The Kier molecular flexibility index (Phi) is 4.26. The number of hydrogen-bond acceptors (Lipinski definition) is 5. The van der Waals surface area contributed by atoms with E-state index in [0.29, 0.717) is 27.6 Å². The van der Waals surface area contributed by atoms with Crippen LogP contribution in [0.2, 0.25) is 0 Å². The van der Waals surface area contributed by atoms with E-state index in [4.69, 9.17) is 15.2 Å². The van der Waals surface area contributed by atoms with Gasteiger partial charge in [-0.05, 0) is 44.0 Å². The first kappa shape index (κ1) is 14.1. The maximum atomic E-state index is 5.77. The molecule has 0 fully saturated rings. The molecule has 100 valence electrons. The van der Waals surface area contributed by atoms with Crippen LogP contribution in [0.15, 0.2) is 27.3 Å². The van der Waals surface area contributed by atoms with Crippen LogP contribution < -0.4 is 15.2 Å². The maximum absolute atomic E-state index is 5.77. The number of aromatic nitrogens is 2. The van der Waals surface area contributed by atoms with Crippen molar-refractivity contribution in [3.05, 3.63) is 27.3 Å². The smallest absolute Gasteiger partial charge is 0.162 e. The third kappa shape index (κ3) is 2.82. The normalized spacial score (nSPS) is 10.3. The first-order chi connectivity index (χ1) is 9.06. The zero-order valence-electron chi connectivity index (χ0n) is 10.3. The molecule has 0 bridgehead atoms. The molecular formula is C12H11Br2N3O2. The van der Waals surface area contributed by atoms with Crippen molar-refractivity contribution in [3.63, 3.8) is 0 Å². The van der Waals surface area contributed by atoms with Gasteiger partial charge in [-0.25, -0.2) is 9.97 Å². The SMILES string of the molecule is COc1cc(Br)c(-c2ncc(Br)c(N)n2)cc1OC. The Balaban J connectivity index is 2.58. The molecule has 19 heavy (non-hydrogen) atoms. The molecule has 2 rings (SSSR count). The van der Waals surface area contributed by atoms with Crippen LogP contribution in [0.5, 0.6) is 11.5 Å². The van der Waals surface area contributed by atoms with Gasteiger partial charge in [-0.15, -0.1) is 0 Å². The average molecular weight is 389 g/mol. The standard InChI is InChI=1S/C12H11Br2N3O2/c1-18-9-3-6(7(13)4-10(9)19-2)12-16-5-8(14)11(15)17-12/h3-5H,1-2H3,(H2,15,16,17). The van der Waals surface area contributed by atoms with E-state index in [0.717, 1.165) is 10.0 Å². The Morgan fingerprint density at radius 2 is 1.68 bits per heavy atom. The summed E-state index contributed by atoms with van der Waals surface area (Å²) in [5.74, 6) is 2.12. The highest BCUT2D eigenvalue weighted by Gasteiger charge is 2.14. The van der Waals surface area contributed by atoms with Gasteiger partial charge >= 0.3 is 0 Å². The number of rotatable bonds is 3. The number of nitrogens with two attached hydrogens (primary N) is 1. The Labute approximate surface area is 127 Å². The fourth-order valence-electron chi connectivity index (χ4n) is 1.54. The van der Waals surface area contributed by atoms with Crippen molar-refractivity contribution in [2.24, 2.45) is 0 Å². The fraction of sp³-hybridized carbons (Fsp3) is 0.167. The molecule has 0 spiro atoms. The molecular weight excluding hydrogens is 378 g/mol. The number of hydrogen-bond donors (Lipinski definition) is 1. The van der Waals surface area contributed by atoms with E-state index in [2.05, 4.69) is 41.8 Å². The molecule has 0 aliphatic rings. The van der Waals surface area contributed by atoms with E-state index >= 15 is 0 Å². The predicted octanol–water partition coefficient (Wildman–Crippen LogP) is 3.27. The second-order valence-corrected chi connectivity index (χ2v) is 5.32. The number of halogens is 2. The van der Waals surface area contributed by atoms with E-state index in [-0.39, 0.29) is 0 Å². The third-order valence-electron chi connectivity index (χ3n) is 2.49. The molecule has 0 atom stereocenters. The van der Waals surface area contributed by atoms with Gasteiger partial charge in [0.1, 0.15) is 5.82 Å². The van der Waals surface area contributed by atoms with Crippen LogP contribution in [0.3, 0.4) is 0 Å². The highest BCUT2D eigenvalue weighted by Crippen LogP contribution is 2.37. The Morgan fingerprint density at radius 3 is 2.26 bits per heavy atom. The van der Waals surface area contributed by atoms with Gasteiger partial charge in [0.25, 0.3) is 0 Å². The van der Waals surface area contributed by atoms with Crippen LogP contribution in [0, 0.1) is 0 Å². The second kappa shape index (κ2) is 5.75. The molecule has 0 aliphatic heterocycles. The molecule has 5 nitrogen and oxygen atoms in total. The predicted molar refractivity (Wildman–Crippen MR) is 80.4 cm³/mol. The lowest BCUT2D eigenvalue weighted by molar-refractivity contribution is 0.355. The summed E-state index contributed by atoms with van der Waals surface area (Å²) in [5.41, 5.74) is 6.54. The van der Waals surface area contributed by atoms with Gasteiger partial charge in [0.15, 0.2) is 17.3 Å². The topological polar surface area (TPSA) is 70.3 Å². The van der Waals surface area contributed by atoms with E-state index in [1.807, 2.05) is 0 Å². The lowest BCUT2D eigenvalue weighted by Gasteiger charge is -2.11. The van der Waals surface area contributed by atoms with Crippen LogP contribution in [0.4, 0.5) is 5.82 Å². The molecule has 1 heterocycles. The lowest BCUT2D eigenvalue weighted by atomic mass is 10.2. The van der Waals surface area contributed by atoms with Crippen molar-refractivity contribution in [1.29, 1.82) is 0 Å². The van der Waals surface area contributed by atoms with Crippen molar-refractivity contribution in [2.75, 3.05) is 20.0 Å². The third-order valence-corrected chi connectivity index (χ3v) is 3.75. The highest BCUT2D eigenvalue weighted by molar-refractivity contribution is 9.11. The summed E-state index contributed by atoms with van der Waals surface area (Å²) in [6.45, 7) is 0. The highest BCUT2D eigenvalue weighted by atomic mass is 79.9. The van der Waals surface area contributed by atoms with E-state index < -0.39 is 0 Å². The van der Waals surface area contributed by atoms with E-state index in [9.17, 15) is 0 Å². The minimum Gasteiger partial charge on any atom is -0.493 e. The van der Waals surface area contributed by atoms with Crippen LogP contribution in [-0.4, -0.2) is 24.2 Å². The average Bonchev–Trinajstić information content (AvgIpc) is 2.41. The largest absolute Gasteiger partial charge is 0.493 e. The minimum absolute atomic E-state index is 0.381. The maximum Gasteiger partial charge on any atom is 0.162 e. The van der Waals surface area contributed by atoms with Crippen molar-refractivity contribution in [2.45, 2.75) is 0 Å². The van der Waals surface area contributed by atoms with Crippen LogP contribution in [0.1, 0.15) is 0 Å². The summed E-state index contributed by atoms with van der Waals surface area (Å²) in [5, 5.41) is 0. The van der Waals surface area contributed by atoms with Gasteiger partial charge in [0.2, 0.25) is 0 Å². The molecule has 1 aromatic heterocycles. The van der Waals surface area contributed by atoms with E-state index in [1.54, 1.807) is 32.5 Å². The number of nitrogen functional groups attached to an aromatic ring is 1. The summed E-state index contributed by atoms with van der Waals surface area (Å²) >= 11 is 6.73. The summed E-state index contributed by atoms with van der Waals surface area (Å²) < 4.78 is 11.9.